The molecule has 45 heavy (non-hydrogen) atoms. The van der Waals surface area contributed by atoms with Crippen molar-refractivity contribution in [1.82, 2.24) is 19.8 Å². The van der Waals surface area contributed by atoms with Crippen molar-refractivity contribution in [2.24, 2.45) is 0 Å². The van der Waals surface area contributed by atoms with Gasteiger partial charge in [0.15, 0.2) is 0 Å². The zero-order valence-corrected chi connectivity index (χ0v) is 44.6. The molecule has 2 aliphatic heterocycles. The van der Waals surface area contributed by atoms with Gasteiger partial charge in [-0.05, 0) is 97.7 Å². The summed E-state index contributed by atoms with van der Waals surface area (Å²) in [5.74, 6) is 0.894. The van der Waals surface area contributed by atoms with Crippen molar-refractivity contribution in [3.63, 3.8) is 0 Å². The van der Waals surface area contributed by atoms with Gasteiger partial charge in [0.25, 0.3) is 6.47 Å². The molecule has 0 saturated carbocycles. The SMILES string of the molecule is CC(C)(C)OC(=O)N1CC(I)C1.CC(C)(C)OC(=O)N1CC(Oc2ccc(Br)nc2)C1.O=CO[O-].Oc1ccc(Br)nc1.[Cs+].[Cs+].[H-]. The molecule has 2 aromatic heterocycles. The van der Waals surface area contributed by atoms with Crippen molar-refractivity contribution in [2.45, 2.75) is 62.8 Å². The predicted octanol–water partition coefficient (Wildman–Crippen LogP) is -1.01. The van der Waals surface area contributed by atoms with Crippen LogP contribution >= 0.6 is 54.5 Å². The van der Waals surface area contributed by atoms with Gasteiger partial charge in [-0.15, -0.1) is 0 Å². The van der Waals surface area contributed by atoms with Gasteiger partial charge in [-0.1, -0.05) is 22.6 Å². The van der Waals surface area contributed by atoms with Crippen molar-refractivity contribution in [1.29, 1.82) is 0 Å². The predicted molar refractivity (Wildman–Crippen MR) is 172 cm³/mol. The third-order valence-electron chi connectivity index (χ3n) is 4.74. The van der Waals surface area contributed by atoms with Crippen molar-refractivity contribution in [3.05, 3.63) is 45.9 Å². The molecule has 0 spiro atoms. The maximum absolute atomic E-state index is 11.7. The zero-order chi connectivity index (χ0) is 32.8. The second-order valence-corrected chi connectivity index (χ2v) is 14.3. The average molecular weight is 1110 g/mol. The molecule has 2 amide bonds. The largest absolute Gasteiger partial charge is 1.00 e. The number of rotatable bonds is 3. The summed E-state index contributed by atoms with van der Waals surface area (Å²) in [4.78, 5) is 45.4. The van der Waals surface area contributed by atoms with E-state index in [-0.39, 0.29) is 175 Å². The van der Waals surface area contributed by atoms with Crippen LogP contribution in [0.5, 0.6) is 11.5 Å². The average Bonchev–Trinajstić information content (AvgIpc) is 2.85. The molecule has 4 rings (SSSR count). The minimum absolute atomic E-state index is 0. The van der Waals surface area contributed by atoms with Gasteiger partial charge in [-0.2, -0.15) is 0 Å². The number of hydrogen-bond acceptors (Lipinski definition) is 11. The van der Waals surface area contributed by atoms with Gasteiger partial charge in [0.1, 0.15) is 38.0 Å². The number of amides is 2. The van der Waals surface area contributed by atoms with Crippen LogP contribution in [0.15, 0.2) is 45.9 Å². The molecule has 18 heteroatoms. The van der Waals surface area contributed by atoms with E-state index < -0.39 is 5.60 Å². The van der Waals surface area contributed by atoms with Gasteiger partial charge < -0.3 is 40.7 Å². The summed E-state index contributed by atoms with van der Waals surface area (Å²) < 4.78 is 18.2. The summed E-state index contributed by atoms with van der Waals surface area (Å²) >= 11 is 8.72. The second kappa shape index (κ2) is 24.8. The Morgan fingerprint density at radius 3 is 1.64 bits per heavy atom. The summed E-state index contributed by atoms with van der Waals surface area (Å²) in [5, 5.41) is 17.1. The van der Waals surface area contributed by atoms with Gasteiger partial charge in [0, 0.05) is 17.0 Å². The van der Waals surface area contributed by atoms with E-state index in [1.54, 1.807) is 28.1 Å². The molecule has 2 aliphatic rings. The van der Waals surface area contributed by atoms with E-state index in [2.05, 4.69) is 69.3 Å². The molecule has 1 N–H and O–H groups in total. The number of halogens is 3. The first-order chi connectivity index (χ1) is 19.9. The summed E-state index contributed by atoms with van der Waals surface area (Å²) in [6, 6.07) is 6.90. The van der Waals surface area contributed by atoms with Crippen LogP contribution in [0.25, 0.3) is 0 Å². The van der Waals surface area contributed by atoms with Gasteiger partial charge >= 0.3 is 150 Å². The van der Waals surface area contributed by atoms with Crippen molar-refractivity contribution < 1.29 is 183 Å². The third kappa shape index (κ3) is 23.7. The third-order valence-corrected chi connectivity index (χ3v) is 6.47. The molecule has 0 atom stereocenters. The molecule has 2 saturated heterocycles. The van der Waals surface area contributed by atoms with Crippen LogP contribution in [0.3, 0.4) is 0 Å². The Hall–Kier alpha value is 1.66. The maximum atomic E-state index is 11.7. The van der Waals surface area contributed by atoms with Crippen LogP contribution < -0.4 is 148 Å². The first-order valence-electron chi connectivity index (χ1n) is 12.8. The summed E-state index contributed by atoms with van der Waals surface area (Å²) in [6.45, 7) is 13.8. The van der Waals surface area contributed by atoms with Crippen LogP contribution in [-0.4, -0.2) is 90.9 Å². The van der Waals surface area contributed by atoms with Crippen LogP contribution in [0.1, 0.15) is 43.0 Å². The number of pyridine rings is 2. The van der Waals surface area contributed by atoms with E-state index >= 15 is 0 Å². The van der Waals surface area contributed by atoms with E-state index in [9.17, 15) is 9.59 Å². The molecule has 0 radical (unpaired) electrons. The van der Waals surface area contributed by atoms with E-state index in [1.807, 2.05) is 53.7 Å². The van der Waals surface area contributed by atoms with E-state index in [1.165, 1.54) is 6.20 Å². The number of ether oxygens (including phenoxy) is 3. The fourth-order valence-corrected chi connectivity index (χ4v) is 4.30. The Morgan fingerprint density at radius 1 is 0.911 bits per heavy atom. The molecule has 0 aromatic carbocycles. The molecule has 13 nitrogen and oxygen atoms in total. The number of carbonyl (C=O) groups excluding carboxylic acids is 3. The summed E-state index contributed by atoms with van der Waals surface area (Å²) in [5.41, 5.74) is -0.827. The summed E-state index contributed by atoms with van der Waals surface area (Å²) in [6.07, 6.45) is 2.57. The standard InChI is InChI=1S/C13H17BrN2O3.C8H14INO2.C5H4BrNO.CH2O3.2Cs.H/c1-13(2,3)19-12(17)16-7-10(8-16)18-9-4-5-11(14)15-6-9;1-8(2,3)12-7(11)10-4-6(9)5-10;6-5-2-1-4(8)3-7-5;2-1-4-3;;;/h4-6,10H,7-8H2,1-3H3;6H,4-5H2,1-3H3;1-3,8H;1,3H;;;/q;;;;2*+1;-1/p-1. The molecule has 0 aliphatic carbocycles. The number of likely N-dealkylation sites (tertiary alicyclic amines) is 2. The number of hydrogen-bond donors (Lipinski definition) is 1. The number of aromatic hydroxyl groups is 1. The molecular weight excluding hydrogens is 1080 g/mol. The number of carbonyl (C=O) groups is 3. The first kappa shape index (κ1) is 48.8. The van der Waals surface area contributed by atoms with Gasteiger partial charge in [-0.3, -0.25) is 4.79 Å². The molecule has 2 fully saturated rings. The van der Waals surface area contributed by atoms with Crippen LogP contribution in [-0.2, 0) is 19.2 Å². The molecule has 2 aromatic rings. The van der Waals surface area contributed by atoms with Crippen LogP contribution in [0.2, 0.25) is 0 Å². The van der Waals surface area contributed by atoms with Gasteiger partial charge in [0.05, 0.1) is 25.5 Å². The van der Waals surface area contributed by atoms with Crippen LogP contribution in [0, 0.1) is 0 Å². The Kier molecular flexibility index (Phi) is 26.8. The second-order valence-electron chi connectivity index (χ2n) is 11.0. The number of alkyl halides is 1. The molecule has 4 heterocycles. The Balaban J connectivity index is -0.000000592. The minimum Gasteiger partial charge on any atom is -1.00 e. The zero-order valence-electron chi connectivity index (χ0n) is 27.7. The number of aromatic nitrogens is 2. The fourth-order valence-electron chi connectivity index (χ4n) is 2.88. The molecule has 0 unspecified atom stereocenters. The van der Waals surface area contributed by atoms with Crippen LogP contribution in [0.4, 0.5) is 9.59 Å². The first-order valence-corrected chi connectivity index (χ1v) is 15.7. The molecular formula is C27H37Br2Cs2IN4O9. The monoisotopic (exact) mass is 1110 g/mol. The van der Waals surface area contributed by atoms with Gasteiger partial charge in [0.2, 0.25) is 0 Å². The smallest absolute Gasteiger partial charge is 1.00 e. The van der Waals surface area contributed by atoms with Crippen molar-refractivity contribution in [2.75, 3.05) is 26.2 Å². The van der Waals surface area contributed by atoms with Crippen molar-refractivity contribution >= 4 is 73.1 Å². The Bertz CT molecular complexity index is 1130. The summed E-state index contributed by atoms with van der Waals surface area (Å²) in [7, 11) is 0. The minimum atomic E-state index is -0.460. The molecule has 242 valence electrons. The normalized spacial score (nSPS) is 13.8. The Morgan fingerprint density at radius 2 is 1.33 bits per heavy atom. The topological polar surface area (TPSA) is 164 Å². The number of nitrogens with zero attached hydrogens (tertiary/aromatic N) is 4. The Labute approximate surface area is 413 Å². The van der Waals surface area contributed by atoms with E-state index in [0.717, 1.165) is 22.3 Å². The van der Waals surface area contributed by atoms with Crippen molar-refractivity contribution in [3.8, 4) is 11.5 Å². The maximum Gasteiger partial charge on any atom is 1.00 e. The van der Waals surface area contributed by atoms with Gasteiger partial charge in [-0.25, -0.2) is 19.6 Å². The van der Waals surface area contributed by atoms with E-state index in [0.29, 0.717) is 22.8 Å². The molecule has 0 bridgehead atoms. The fraction of sp³-hybridized carbons (Fsp3) is 0.519. The van der Waals surface area contributed by atoms with E-state index in [4.69, 9.17) is 29.4 Å². The quantitative estimate of drug-likeness (QED) is 0.100.